The van der Waals surface area contributed by atoms with Crippen molar-refractivity contribution in [2.75, 3.05) is 11.1 Å². The van der Waals surface area contributed by atoms with Gasteiger partial charge in [0.1, 0.15) is 0 Å². The number of hydrogen-bond donors (Lipinski definition) is 2. The summed E-state index contributed by atoms with van der Waals surface area (Å²) in [7, 11) is -0.944. The van der Waals surface area contributed by atoms with Gasteiger partial charge in [0, 0.05) is 5.30 Å². The van der Waals surface area contributed by atoms with E-state index < -0.39 is 8.56 Å². The molecule has 0 radical (unpaired) electrons. The molecule has 0 aromatic carbocycles. The molecule has 0 bridgehead atoms. The molecule has 0 fully saturated rings. The van der Waals surface area contributed by atoms with E-state index in [1.54, 1.807) is 0 Å². The number of rotatable bonds is 0. The summed E-state index contributed by atoms with van der Waals surface area (Å²) in [5, 5.41) is 6.41. The Balaban J connectivity index is 3.13. The first-order chi connectivity index (χ1) is 3.80. The molecule has 1 aromatic heterocycles. The highest BCUT2D eigenvalue weighted by molar-refractivity contribution is 6.58. The normalized spacial score (nSPS) is 9.00. The molecule has 2 nitrogen and oxygen atoms in total. The van der Waals surface area contributed by atoms with Gasteiger partial charge in [-0.05, 0) is 6.07 Å². The van der Waals surface area contributed by atoms with Crippen LogP contribution in [0.15, 0.2) is 23.9 Å². The van der Waals surface area contributed by atoms with Crippen molar-refractivity contribution in [2.24, 2.45) is 0 Å². The third-order valence-corrected chi connectivity index (χ3v) is 2.38. The SMILES string of the molecule is Nc1cccc[si]1N. The molecule has 4 N–H and O–H groups in total. The van der Waals surface area contributed by atoms with Gasteiger partial charge in [0.15, 0.2) is 8.56 Å². The van der Waals surface area contributed by atoms with Crippen molar-refractivity contribution >= 4 is 13.9 Å². The lowest BCUT2D eigenvalue weighted by Gasteiger charge is -1.92. The summed E-state index contributed by atoms with van der Waals surface area (Å²) >= 11 is 0. The van der Waals surface area contributed by atoms with E-state index in [1.807, 2.05) is 23.9 Å². The first-order valence-electron chi connectivity index (χ1n) is 2.40. The number of anilines is 1. The first kappa shape index (κ1) is 5.31. The van der Waals surface area contributed by atoms with Crippen molar-refractivity contribution in [3.8, 4) is 0 Å². The lowest BCUT2D eigenvalue weighted by atomic mass is 10.6. The molecule has 0 spiro atoms. The van der Waals surface area contributed by atoms with Crippen molar-refractivity contribution < 1.29 is 0 Å². The Kier molecular flexibility index (Phi) is 1.30. The van der Waals surface area contributed by atoms with Gasteiger partial charge in [-0.2, -0.15) is 0 Å². The van der Waals surface area contributed by atoms with Crippen molar-refractivity contribution in [1.82, 2.24) is 0 Å². The van der Waals surface area contributed by atoms with Gasteiger partial charge in [0.25, 0.3) is 0 Å². The molecule has 1 rings (SSSR count). The minimum absolute atomic E-state index is 0.831. The second kappa shape index (κ2) is 1.96. The summed E-state index contributed by atoms with van der Waals surface area (Å²) in [5.41, 5.74) is 7.44. The van der Waals surface area contributed by atoms with Crippen LogP contribution in [0.1, 0.15) is 0 Å². The highest BCUT2D eigenvalue weighted by Crippen LogP contribution is 1.92. The molecule has 42 valence electrons. The summed E-state index contributed by atoms with van der Waals surface area (Å²) in [6.45, 7) is 0. The molecule has 1 heterocycles. The summed E-state index contributed by atoms with van der Waals surface area (Å²) in [6, 6.07) is 5.69. The van der Waals surface area contributed by atoms with Crippen LogP contribution in [0.4, 0.5) is 5.30 Å². The topological polar surface area (TPSA) is 52.0 Å². The monoisotopic (exact) mass is 124 g/mol. The van der Waals surface area contributed by atoms with Gasteiger partial charge in [-0.3, -0.25) is 0 Å². The van der Waals surface area contributed by atoms with Gasteiger partial charge >= 0.3 is 0 Å². The molecule has 3 heteroatoms. The van der Waals surface area contributed by atoms with Crippen LogP contribution in [0.5, 0.6) is 0 Å². The van der Waals surface area contributed by atoms with Crippen LogP contribution < -0.4 is 11.1 Å². The molecule has 0 saturated carbocycles. The zero-order chi connectivity index (χ0) is 5.98. The van der Waals surface area contributed by atoms with Crippen LogP contribution in [0.3, 0.4) is 0 Å². The Morgan fingerprint density at radius 3 is 2.50 bits per heavy atom. The minimum Gasteiger partial charge on any atom is -0.429 e. The van der Waals surface area contributed by atoms with E-state index in [9.17, 15) is 0 Å². The van der Waals surface area contributed by atoms with Gasteiger partial charge in [0.05, 0.1) is 0 Å². The molecular formula is C5H8N2Si. The fourth-order valence-electron chi connectivity index (χ4n) is 0.511. The number of nitrogen functional groups attached to an aromatic ring is 2. The Hall–Kier alpha value is -0.833. The maximum absolute atomic E-state index is 5.58. The molecule has 1 aromatic rings. The quantitative estimate of drug-likeness (QED) is 0.479. The standard InChI is InChI=1S/C5H8N2Si/c6-5-3-1-2-4-8(5)7/h1-4H,6-7H2. The van der Waals surface area contributed by atoms with Gasteiger partial charge < -0.3 is 11.1 Å². The predicted octanol–water partition coefficient (Wildman–Crippen LogP) is 0.00830. The molecule has 0 unspecified atom stereocenters. The van der Waals surface area contributed by atoms with E-state index in [0.29, 0.717) is 0 Å². The third-order valence-electron chi connectivity index (χ3n) is 0.996. The molecule has 0 saturated heterocycles. The lowest BCUT2D eigenvalue weighted by molar-refractivity contribution is 1.80. The maximum atomic E-state index is 5.58. The second-order valence-electron chi connectivity index (χ2n) is 1.63. The Labute approximate surface area is 49.7 Å². The molecule has 0 amide bonds. The van der Waals surface area contributed by atoms with Gasteiger partial charge in [-0.25, -0.2) is 0 Å². The smallest absolute Gasteiger partial charge is 0.173 e. The van der Waals surface area contributed by atoms with Crippen LogP contribution in [-0.4, -0.2) is 8.56 Å². The largest absolute Gasteiger partial charge is 0.429 e. The Bertz CT molecular complexity index is 167. The molecule has 8 heavy (non-hydrogen) atoms. The number of hydrogen-bond acceptors (Lipinski definition) is 2. The summed E-state index contributed by atoms with van der Waals surface area (Å²) in [4.78, 5) is 0. The average Bonchev–Trinajstić information content (AvgIpc) is 1.77. The van der Waals surface area contributed by atoms with Crippen LogP contribution in [0.2, 0.25) is 0 Å². The van der Waals surface area contributed by atoms with Gasteiger partial charge in [0.2, 0.25) is 0 Å². The second-order valence-corrected chi connectivity index (χ2v) is 3.45. The Morgan fingerprint density at radius 2 is 2.12 bits per heavy atom. The summed E-state index contributed by atoms with van der Waals surface area (Å²) < 4.78 is 0. The van der Waals surface area contributed by atoms with E-state index in [1.165, 1.54) is 0 Å². The molecule has 0 aliphatic heterocycles. The van der Waals surface area contributed by atoms with Crippen LogP contribution in [-0.2, 0) is 0 Å². The van der Waals surface area contributed by atoms with E-state index >= 15 is 0 Å². The first-order valence-corrected chi connectivity index (χ1v) is 4.06. The Morgan fingerprint density at radius 1 is 1.38 bits per heavy atom. The number of nitrogens with two attached hydrogens (primary N) is 2. The van der Waals surface area contributed by atoms with Gasteiger partial charge in [-0.1, -0.05) is 17.8 Å². The molecule has 0 aliphatic carbocycles. The van der Waals surface area contributed by atoms with E-state index in [4.69, 9.17) is 11.1 Å². The molecule has 0 atom stereocenters. The zero-order valence-corrected chi connectivity index (χ0v) is 5.46. The highest BCUT2D eigenvalue weighted by atomic mass is 28.2. The van der Waals surface area contributed by atoms with Crippen LogP contribution in [0.25, 0.3) is 0 Å². The lowest BCUT2D eigenvalue weighted by Crippen LogP contribution is -2.14. The fraction of sp³-hybridized carbons (Fsp3) is 0. The average molecular weight is 124 g/mol. The highest BCUT2D eigenvalue weighted by Gasteiger charge is 1.87. The van der Waals surface area contributed by atoms with E-state index in [0.717, 1.165) is 5.30 Å². The predicted molar refractivity (Wildman–Crippen MR) is 37.0 cm³/mol. The minimum atomic E-state index is -0.944. The zero-order valence-electron chi connectivity index (χ0n) is 4.46. The molecule has 0 aliphatic rings. The van der Waals surface area contributed by atoms with Gasteiger partial charge in [-0.15, -0.1) is 0 Å². The summed E-state index contributed by atoms with van der Waals surface area (Å²) in [5.74, 6) is 0. The van der Waals surface area contributed by atoms with Crippen molar-refractivity contribution in [3.63, 3.8) is 0 Å². The summed E-state index contributed by atoms with van der Waals surface area (Å²) in [6.07, 6.45) is 0. The fourth-order valence-corrected chi connectivity index (χ4v) is 1.31. The van der Waals surface area contributed by atoms with E-state index in [2.05, 4.69) is 0 Å². The van der Waals surface area contributed by atoms with Crippen molar-refractivity contribution in [1.29, 1.82) is 0 Å². The third kappa shape index (κ3) is 0.868. The van der Waals surface area contributed by atoms with Crippen LogP contribution in [0, 0.1) is 0 Å². The van der Waals surface area contributed by atoms with Crippen LogP contribution >= 0.6 is 0 Å². The maximum Gasteiger partial charge on any atom is 0.173 e. The van der Waals surface area contributed by atoms with E-state index in [-0.39, 0.29) is 0 Å². The molecular weight excluding hydrogens is 116 g/mol. The van der Waals surface area contributed by atoms with Crippen molar-refractivity contribution in [2.45, 2.75) is 0 Å². The van der Waals surface area contributed by atoms with Crippen molar-refractivity contribution in [3.05, 3.63) is 23.9 Å².